The zero-order valence-corrected chi connectivity index (χ0v) is 9.61. The molecule has 0 amide bonds. The summed E-state index contributed by atoms with van der Waals surface area (Å²) in [5, 5.41) is 0. The van der Waals surface area contributed by atoms with E-state index in [0.29, 0.717) is 0 Å². The molecule has 3 nitrogen and oxygen atoms in total. The maximum atomic E-state index is 8.74. The minimum atomic E-state index is -3.13. The molecule has 0 bridgehead atoms. The van der Waals surface area contributed by atoms with Crippen molar-refractivity contribution in [2.45, 2.75) is 20.8 Å². The van der Waals surface area contributed by atoms with Crippen molar-refractivity contribution < 1.29 is 31.7 Å². The Morgan fingerprint density at radius 1 is 0.909 bits per heavy atom. The van der Waals surface area contributed by atoms with Gasteiger partial charge in [-0.25, -0.2) is 0 Å². The van der Waals surface area contributed by atoms with Crippen molar-refractivity contribution in [2.75, 3.05) is 0 Å². The Kier molecular flexibility index (Phi) is 200. The van der Waals surface area contributed by atoms with E-state index in [1.807, 2.05) is 0 Å². The van der Waals surface area contributed by atoms with Crippen LogP contribution in [0, 0.1) is 20.8 Å². The van der Waals surface area contributed by atoms with Gasteiger partial charge in [0.1, 0.15) is 0 Å². The molecule has 0 saturated carbocycles. The molecule has 0 aromatic rings. The molecule has 0 aliphatic heterocycles. The van der Waals surface area contributed by atoms with Gasteiger partial charge in [0, 0.05) is 0 Å². The van der Waals surface area contributed by atoms with Gasteiger partial charge in [0.05, 0.1) is 0 Å². The molecule has 0 aliphatic rings. The topological polar surface area (TPSA) is 57.5 Å². The van der Waals surface area contributed by atoms with Crippen LogP contribution in [0.15, 0.2) is 0 Å². The molecule has 5 heteroatoms. The quantitative estimate of drug-likeness (QED) is 0.485. The summed E-state index contributed by atoms with van der Waals surface area (Å²) in [6, 6.07) is 0. The van der Waals surface area contributed by atoms with Crippen LogP contribution in [0.4, 0.5) is 0 Å². The summed E-state index contributed by atoms with van der Waals surface area (Å²) >= 11 is 0. The van der Waals surface area contributed by atoms with Crippen LogP contribution in [-0.4, -0.2) is 9.79 Å². The molecule has 0 spiro atoms. The van der Waals surface area contributed by atoms with Gasteiger partial charge in [-0.2, -0.15) is 20.8 Å². The summed E-state index contributed by atoms with van der Waals surface area (Å²) < 4.78 is 8.74. The third-order valence-electron chi connectivity index (χ3n) is 0. The molecule has 0 aromatic heterocycles. The first-order chi connectivity index (χ1) is 4.73. The van der Waals surface area contributed by atoms with E-state index in [2.05, 4.69) is 20.8 Å². The molecule has 0 aromatic carbocycles. The summed E-state index contributed by atoms with van der Waals surface area (Å²) in [6.07, 6.45) is 0. The summed E-state index contributed by atoms with van der Waals surface area (Å²) in [5.74, 6) is 0. The molecule has 0 aliphatic carbocycles. The van der Waals surface area contributed by atoms with Crippen LogP contribution < -0.4 is 0 Å². The Labute approximate surface area is 81.9 Å². The first-order valence-corrected chi connectivity index (χ1v) is 4.08. The Bertz CT molecular complexity index is 40.8. The molecule has 0 rings (SSSR count). The van der Waals surface area contributed by atoms with Crippen molar-refractivity contribution in [1.82, 2.24) is 0 Å². The number of hydrogen-bond donors (Lipinski definition) is 2. The first kappa shape index (κ1) is 29.9. The minimum Gasteiger partial charge on any atom is -0.346 e. The molecule has 0 heterocycles. The molecule has 0 atom stereocenters. The van der Waals surface area contributed by atoms with Gasteiger partial charge in [0.15, 0.2) is 0 Å². The third kappa shape index (κ3) is 1730. The zero-order chi connectivity index (χ0) is 9.58. The van der Waals surface area contributed by atoms with Gasteiger partial charge in [-0.1, -0.05) is 0 Å². The van der Waals surface area contributed by atoms with Crippen LogP contribution in [0.25, 0.3) is 0 Å². The molecule has 0 fully saturated rings. The second-order valence-electron chi connectivity index (χ2n) is 0.283. The van der Waals surface area contributed by atoms with Gasteiger partial charge in [0.25, 0.3) is 0 Å². The van der Waals surface area contributed by atoms with E-state index in [-0.39, 0.29) is 17.4 Å². The number of rotatable bonds is 0. The van der Waals surface area contributed by atoms with E-state index in [4.69, 9.17) is 14.4 Å². The van der Waals surface area contributed by atoms with Gasteiger partial charge in [-0.05, 0) is 0 Å². The van der Waals surface area contributed by atoms with E-state index in [0.717, 1.165) is 0 Å². The molecule has 1 radical (unpaired) electrons. The Morgan fingerprint density at radius 3 is 0.909 bits per heavy atom. The van der Waals surface area contributed by atoms with E-state index in [9.17, 15) is 0 Å². The van der Waals surface area contributed by atoms with Gasteiger partial charge < -0.3 is 30.6 Å². The van der Waals surface area contributed by atoms with Crippen LogP contribution in [-0.2, 0) is 21.9 Å². The van der Waals surface area contributed by atoms with E-state index in [1.165, 1.54) is 0 Å². The molecule has 2 N–H and O–H groups in total. The summed E-state index contributed by atoms with van der Waals surface area (Å²) in [5.41, 5.74) is 0. The van der Waals surface area contributed by atoms with Crippen LogP contribution in [0.2, 0.25) is 0 Å². The van der Waals surface area contributed by atoms with Gasteiger partial charge in [-0.15, -0.1) is 0 Å². The standard InChI is InChI=1S/3C2H5.Cr.H3O3P/c3*1-2;;1-4(2)3/h3*1H2,2H3;;4H,(H2,1,2,3)/q3*-1;+3;. The normalized spacial score (nSPS) is 4.82. The van der Waals surface area contributed by atoms with Crippen LogP contribution in [0.3, 0.4) is 0 Å². The van der Waals surface area contributed by atoms with Crippen molar-refractivity contribution in [3.05, 3.63) is 20.8 Å². The largest absolute Gasteiger partial charge is 3.00 e. The predicted octanol–water partition coefficient (Wildman–Crippen LogP) is 1.88. The summed E-state index contributed by atoms with van der Waals surface area (Å²) in [7, 11) is -3.13. The average molecular weight is 221 g/mol. The Morgan fingerprint density at radius 2 is 0.909 bits per heavy atom. The van der Waals surface area contributed by atoms with E-state index >= 15 is 0 Å². The van der Waals surface area contributed by atoms with Crippen LogP contribution in [0.1, 0.15) is 20.8 Å². The second-order valence-corrected chi connectivity index (χ2v) is 0.848. The molecule has 0 saturated heterocycles. The maximum Gasteiger partial charge on any atom is 3.00 e. The smallest absolute Gasteiger partial charge is 0.346 e. The van der Waals surface area contributed by atoms with Crippen molar-refractivity contribution in [3.8, 4) is 0 Å². The molecular formula is C6H18CrO3P. The second kappa shape index (κ2) is 73.9. The monoisotopic (exact) mass is 221 g/mol. The predicted molar refractivity (Wildman–Crippen MR) is 46.5 cm³/mol. The average Bonchev–Trinajstić information content (AvgIpc) is 1.98. The summed E-state index contributed by atoms with van der Waals surface area (Å²) in [4.78, 5) is 14.3. The fourth-order valence-electron chi connectivity index (χ4n) is 0. The maximum absolute atomic E-state index is 8.74. The zero-order valence-electron chi connectivity index (χ0n) is 7.33. The van der Waals surface area contributed by atoms with Crippen molar-refractivity contribution >= 4 is 8.25 Å². The van der Waals surface area contributed by atoms with Crippen LogP contribution in [0.5, 0.6) is 0 Å². The fourth-order valence-corrected chi connectivity index (χ4v) is 0. The van der Waals surface area contributed by atoms with Crippen molar-refractivity contribution in [1.29, 1.82) is 0 Å². The SMILES string of the molecule is O=[PH](O)O.[CH2-]C.[CH2-]C.[CH2-]C.[Cr+3]. The minimum absolute atomic E-state index is 0. The molecular weight excluding hydrogens is 203 g/mol. The summed E-state index contributed by atoms with van der Waals surface area (Å²) in [6.45, 7) is 15.0. The first-order valence-electron chi connectivity index (χ1n) is 2.77. The van der Waals surface area contributed by atoms with E-state index < -0.39 is 8.25 Å². The van der Waals surface area contributed by atoms with Gasteiger partial charge >= 0.3 is 25.6 Å². The molecule has 11 heavy (non-hydrogen) atoms. The van der Waals surface area contributed by atoms with Crippen LogP contribution >= 0.6 is 8.25 Å². The van der Waals surface area contributed by atoms with E-state index in [1.54, 1.807) is 20.8 Å². The molecule has 71 valence electrons. The van der Waals surface area contributed by atoms with Gasteiger partial charge in [0.2, 0.25) is 0 Å². The Hall–Kier alpha value is 0.682. The third-order valence-corrected chi connectivity index (χ3v) is 0. The van der Waals surface area contributed by atoms with Crippen molar-refractivity contribution in [3.63, 3.8) is 0 Å². The van der Waals surface area contributed by atoms with Gasteiger partial charge in [-0.3, -0.25) is 4.57 Å². The fraction of sp³-hybridized carbons (Fsp3) is 0.500. The Balaban J connectivity index is -0.0000000152. The van der Waals surface area contributed by atoms with Crippen molar-refractivity contribution in [2.24, 2.45) is 0 Å². The molecule has 0 unspecified atom stereocenters. The number of hydrogen-bond acceptors (Lipinski definition) is 1.